The van der Waals surface area contributed by atoms with Gasteiger partial charge in [0.1, 0.15) is 0 Å². The molecule has 0 spiro atoms. The van der Waals surface area contributed by atoms with Gasteiger partial charge in [-0.05, 0) is 0 Å². The molecule has 0 saturated carbocycles. The fraction of sp³-hybridized carbons (Fsp3) is 0.500. The number of hydrogen-bond donors (Lipinski definition) is 6. The average Bonchev–Trinajstić information content (AvgIpc) is 2.02. The van der Waals surface area contributed by atoms with E-state index in [1.54, 1.807) is 0 Å². The van der Waals surface area contributed by atoms with Crippen LogP contribution in [0.3, 0.4) is 0 Å². The van der Waals surface area contributed by atoms with Crippen LogP contribution < -0.4 is 22.9 Å². The highest BCUT2D eigenvalue weighted by Gasteiger charge is 1.84. The normalized spacial score (nSPS) is 8.80. The Hall–Kier alpha value is -1.27. The lowest BCUT2D eigenvalue weighted by Gasteiger charge is -1.74. The van der Waals surface area contributed by atoms with Crippen LogP contribution in [0.5, 0.6) is 0 Å². The quantitative estimate of drug-likeness (QED) is 0.265. The summed E-state index contributed by atoms with van der Waals surface area (Å²) in [6.45, 7) is -0.111. The summed E-state index contributed by atoms with van der Waals surface area (Å²) in [4.78, 5) is 18.9. The first-order valence-corrected chi connectivity index (χ1v) is 4.60. The Bertz CT molecular complexity index is 253. The van der Waals surface area contributed by atoms with Crippen molar-refractivity contribution in [2.75, 3.05) is 13.1 Å². The van der Waals surface area contributed by atoms with Crippen LogP contribution in [0.25, 0.3) is 0 Å². The van der Waals surface area contributed by atoms with Crippen molar-refractivity contribution < 1.29 is 27.1 Å². The zero-order valence-electron chi connectivity index (χ0n) is 7.66. The Kier molecular flexibility index (Phi) is 13.9. The van der Waals surface area contributed by atoms with Crippen LogP contribution in [0.1, 0.15) is 0 Å². The fourth-order valence-corrected chi connectivity index (χ4v) is 0. The third kappa shape index (κ3) is 197. The minimum atomic E-state index is -4.67. The molecular formula is C4H14N4O6S. The molecular weight excluding hydrogens is 232 g/mol. The SMILES string of the molecule is NCC(N)=O.NCC(N)=O.O=S(=O)(O)O. The second kappa shape index (κ2) is 10.8. The van der Waals surface area contributed by atoms with Gasteiger partial charge in [-0.25, -0.2) is 0 Å². The minimum Gasteiger partial charge on any atom is -0.369 e. The van der Waals surface area contributed by atoms with Gasteiger partial charge in [-0.15, -0.1) is 0 Å². The van der Waals surface area contributed by atoms with Gasteiger partial charge >= 0.3 is 10.4 Å². The van der Waals surface area contributed by atoms with Gasteiger partial charge in [-0.2, -0.15) is 8.42 Å². The van der Waals surface area contributed by atoms with Gasteiger partial charge < -0.3 is 22.9 Å². The summed E-state index contributed by atoms with van der Waals surface area (Å²) in [5.41, 5.74) is 18.4. The predicted octanol–water partition coefficient (Wildman–Crippen LogP) is -3.79. The first-order chi connectivity index (χ1) is 6.54. The van der Waals surface area contributed by atoms with E-state index in [0.717, 1.165) is 0 Å². The Balaban J connectivity index is -0.000000144. The summed E-state index contributed by atoms with van der Waals surface area (Å²) in [5, 5.41) is 0. The van der Waals surface area contributed by atoms with Gasteiger partial charge in [0.05, 0.1) is 13.1 Å². The van der Waals surface area contributed by atoms with Crippen LogP contribution in [-0.4, -0.2) is 42.4 Å². The number of amides is 2. The third-order valence-corrected chi connectivity index (χ3v) is 0.402. The summed E-state index contributed by atoms with van der Waals surface area (Å²) in [6, 6.07) is 0. The highest BCUT2D eigenvalue weighted by molar-refractivity contribution is 7.79. The zero-order valence-corrected chi connectivity index (χ0v) is 8.48. The summed E-state index contributed by atoms with van der Waals surface area (Å²) in [5.74, 6) is -0.935. The summed E-state index contributed by atoms with van der Waals surface area (Å²) >= 11 is 0. The van der Waals surface area contributed by atoms with Crippen LogP contribution in [0, 0.1) is 0 Å². The molecule has 0 unspecified atom stereocenters. The standard InChI is InChI=1S/2C2H6N2O.H2O4S/c2*3-1-2(4)5;1-5(2,3)4/h2*1,3H2,(H2,4,5);(H2,1,2,3,4). The smallest absolute Gasteiger partial charge is 0.369 e. The van der Waals surface area contributed by atoms with Crippen LogP contribution in [0.2, 0.25) is 0 Å². The van der Waals surface area contributed by atoms with Crippen LogP contribution >= 0.6 is 0 Å². The molecule has 0 aromatic heterocycles. The van der Waals surface area contributed by atoms with Crippen molar-refractivity contribution in [1.29, 1.82) is 0 Å². The number of rotatable bonds is 2. The summed E-state index contributed by atoms with van der Waals surface area (Å²) in [6.07, 6.45) is 0. The monoisotopic (exact) mass is 246 g/mol. The molecule has 0 aliphatic heterocycles. The maximum Gasteiger partial charge on any atom is 0.394 e. The molecule has 0 aromatic rings. The Morgan fingerprint density at radius 1 is 0.933 bits per heavy atom. The molecule has 0 aromatic carbocycles. The van der Waals surface area contributed by atoms with E-state index in [1.807, 2.05) is 0 Å². The number of nitrogens with two attached hydrogens (primary N) is 4. The predicted molar refractivity (Wildman–Crippen MR) is 50.7 cm³/mol. The van der Waals surface area contributed by atoms with Crippen molar-refractivity contribution in [3.63, 3.8) is 0 Å². The molecule has 0 radical (unpaired) electrons. The van der Waals surface area contributed by atoms with Gasteiger partial charge in [-0.3, -0.25) is 18.7 Å². The van der Waals surface area contributed by atoms with E-state index in [4.69, 9.17) is 29.0 Å². The summed E-state index contributed by atoms with van der Waals surface area (Å²) < 4.78 is 31.6. The lowest BCUT2D eigenvalue weighted by molar-refractivity contribution is -0.117. The van der Waals surface area contributed by atoms with E-state index in [2.05, 4.69) is 11.5 Å². The van der Waals surface area contributed by atoms with Gasteiger partial charge in [-0.1, -0.05) is 0 Å². The maximum atomic E-state index is 9.47. The van der Waals surface area contributed by atoms with Crippen molar-refractivity contribution in [2.45, 2.75) is 0 Å². The van der Waals surface area contributed by atoms with E-state index < -0.39 is 22.2 Å². The molecule has 0 fully saturated rings. The van der Waals surface area contributed by atoms with E-state index in [1.165, 1.54) is 0 Å². The Morgan fingerprint density at radius 2 is 1.00 bits per heavy atom. The van der Waals surface area contributed by atoms with Gasteiger partial charge in [0, 0.05) is 0 Å². The Labute approximate surface area is 86.2 Å². The minimum absolute atomic E-state index is 0.0556. The number of hydrogen-bond acceptors (Lipinski definition) is 6. The first-order valence-electron chi connectivity index (χ1n) is 3.21. The van der Waals surface area contributed by atoms with Crippen molar-refractivity contribution in [2.24, 2.45) is 22.9 Å². The molecule has 0 rings (SSSR count). The molecule has 0 aliphatic rings. The van der Waals surface area contributed by atoms with E-state index in [-0.39, 0.29) is 13.1 Å². The highest BCUT2D eigenvalue weighted by atomic mass is 32.3. The second-order valence-corrected chi connectivity index (χ2v) is 2.68. The first kappa shape index (κ1) is 19.3. The molecule has 0 atom stereocenters. The molecule has 10 nitrogen and oxygen atoms in total. The van der Waals surface area contributed by atoms with Crippen LogP contribution in [0.15, 0.2) is 0 Å². The third-order valence-electron chi connectivity index (χ3n) is 0.402. The second-order valence-electron chi connectivity index (χ2n) is 1.79. The van der Waals surface area contributed by atoms with Crippen molar-refractivity contribution in [3.05, 3.63) is 0 Å². The molecule has 15 heavy (non-hydrogen) atoms. The van der Waals surface area contributed by atoms with Crippen LogP contribution in [-0.2, 0) is 20.0 Å². The van der Waals surface area contributed by atoms with Gasteiger partial charge in [0.15, 0.2) is 0 Å². The number of carbonyl (C=O) groups excluding carboxylic acids is 2. The maximum absolute atomic E-state index is 9.47. The van der Waals surface area contributed by atoms with Crippen LogP contribution in [0.4, 0.5) is 0 Å². The van der Waals surface area contributed by atoms with Crippen molar-refractivity contribution >= 4 is 22.2 Å². The zero-order chi connectivity index (χ0) is 13.1. The average molecular weight is 246 g/mol. The van der Waals surface area contributed by atoms with Gasteiger partial charge in [0.25, 0.3) is 0 Å². The van der Waals surface area contributed by atoms with E-state index >= 15 is 0 Å². The van der Waals surface area contributed by atoms with Gasteiger partial charge in [0.2, 0.25) is 11.8 Å². The lowest BCUT2D eigenvalue weighted by atomic mass is 10.7. The lowest BCUT2D eigenvalue weighted by Crippen LogP contribution is -2.21. The Morgan fingerprint density at radius 3 is 1.00 bits per heavy atom. The summed E-state index contributed by atoms with van der Waals surface area (Å²) in [7, 11) is -4.67. The topological polar surface area (TPSA) is 213 Å². The molecule has 2 amide bonds. The molecule has 92 valence electrons. The number of carbonyl (C=O) groups is 2. The van der Waals surface area contributed by atoms with E-state index in [9.17, 15) is 9.59 Å². The molecule has 10 N–H and O–H groups in total. The van der Waals surface area contributed by atoms with Crippen molar-refractivity contribution in [1.82, 2.24) is 0 Å². The van der Waals surface area contributed by atoms with E-state index in [0.29, 0.717) is 0 Å². The highest BCUT2D eigenvalue weighted by Crippen LogP contribution is 1.59. The largest absolute Gasteiger partial charge is 0.394 e. The molecule has 11 heteroatoms. The molecule has 0 bridgehead atoms. The van der Waals surface area contributed by atoms with Crippen molar-refractivity contribution in [3.8, 4) is 0 Å². The number of primary amides is 2. The molecule has 0 heterocycles. The molecule has 0 saturated heterocycles. The molecule has 0 aliphatic carbocycles. The fourth-order valence-electron chi connectivity index (χ4n) is 0.